The van der Waals surface area contributed by atoms with Gasteiger partial charge in [0.1, 0.15) is 0 Å². The normalized spacial score (nSPS) is 18.7. The van der Waals surface area contributed by atoms with Gasteiger partial charge in [-0.3, -0.25) is 9.59 Å². The Morgan fingerprint density at radius 1 is 1.47 bits per heavy atom. The first-order valence-corrected chi connectivity index (χ1v) is 6.64. The SMILES string of the molecule is CNC(=O)C[C@H]1CCN(C(=O)c2ccn(C)c2C)C1. The fourth-order valence-corrected chi connectivity index (χ4v) is 2.55. The van der Waals surface area contributed by atoms with Crippen molar-refractivity contribution >= 4 is 11.8 Å². The minimum absolute atomic E-state index is 0.0511. The average Bonchev–Trinajstić information content (AvgIpc) is 2.98. The van der Waals surface area contributed by atoms with E-state index in [1.165, 1.54) is 0 Å². The highest BCUT2D eigenvalue weighted by atomic mass is 16.2. The van der Waals surface area contributed by atoms with Gasteiger partial charge < -0.3 is 14.8 Å². The average molecular weight is 263 g/mol. The van der Waals surface area contributed by atoms with E-state index in [9.17, 15) is 9.59 Å². The van der Waals surface area contributed by atoms with E-state index in [-0.39, 0.29) is 17.7 Å². The molecule has 1 aromatic heterocycles. The van der Waals surface area contributed by atoms with E-state index in [1.54, 1.807) is 7.05 Å². The Morgan fingerprint density at radius 3 is 2.79 bits per heavy atom. The largest absolute Gasteiger partial charge is 0.359 e. The molecule has 0 saturated carbocycles. The molecular weight excluding hydrogens is 242 g/mol. The first-order chi connectivity index (χ1) is 9.02. The first-order valence-electron chi connectivity index (χ1n) is 6.64. The number of rotatable bonds is 3. The van der Waals surface area contributed by atoms with Crippen LogP contribution in [0.15, 0.2) is 12.3 Å². The molecule has 5 heteroatoms. The fraction of sp³-hybridized carbons (Fsp3) is 0.571. The van der Waals surface area contributed by atoms with Gasteiger partial charge in [0, 0.05) is 45.5 Å². The van der Waals surface area contributed by atoms with Crippen molar-refractivity contribution in [1.29, 1.82) is 0 Å². The second-order valence-electron chi connectivity index (χ2n) is 5.21. The second-order valence-corrected chi connectivity index (χ2v) is 5.21. The Bertz CT molecular complexity index is 493. The summed E-state index contributed by atoms with van der Waals surface area (Å²) < 4.78 is 1.95. The molecule has 1 fully saturated rings. The summed E-state index contributed by atoms with van der Waals surface area (Å²) in [5, 5.41) is 2.63. The number of amides is 2. The van der Waals surface area contributed by atoms with Gasteiger partial charge in [-0.05, 0) is 25.3 Å². The molecular formula is C14H21N3O2. The van der Waals surface area contributed by atoms with E-state index < -0.39 is 0 Å². The van der Waals surface area contributed by atoms with Gasteiger partial charge in [-0.25, -0.2) is 0 Å². The predicted octanol–water partition coefficient (Wildman–Crippen LogP) is 0.932. The summed E-state index contributed by atoms with van der Waals surface area (Å²) in [6, 6.07) is 1.86. The molecule has 2 heterocycles. The second kappa shape index (κ2) is 5.47. The van der Waals surface area contributed by atoms with Gasteiger partial charge in [-0.15, -0.1) is 0 Å². The molecule has 2 amide bonds. The molecule has 1 aliphatic heterocycles. The third-order valence-corrected chi connectivity index (χ3v) is 3.94. The van der Waals surface area contributed by atoms with Crippen molar-refractivity contribution in [2.24, 2.45) is 13.0 Å². The van der Waals surface area contributed by atoms with Gasteiger partial charge in [-0.1, -0.05) is 0 Å². The van der Waals surface area contributed by atoms with Crippen molar-refractivity contribution in [3.8, 4) is 0 Å². The molecule has 0 spiro atoms. The molecule has 2 rings (SSSR count). The highest BCUT2D eigenvalue weighted by molar-refractivity contribution is 5.95. The minimum atomic E-state index is 0.0511. The van der Waals surface area contributed by atoms with Crippen LogP contribution in [0.25, 0.3) is 0 Å². The lowest BCUT2D eigenvalue weighted by atomic mass is 10.0. The first kappa shape index (κ1) is 13.6. The number of hydrogen-bond acceptors (Lipinski definition) is 2. The van der Waals surface area contributed by atoms with Crippen LogP contribution in [0.5, 0.6) is 0 Å². The molecule has 1 N–H and O–H groups in total. The summed E-state index contributed by atoms with van der Waals surface area (Å²) in [6.07, 6.45) is 3.32. The number of carbonyl (C=O) groups excluding carboxylic acids is 2. The molecule has 0 unspecified atom stereocenters. The molecule has 0 bridgehead atoms. The summed E-state index contributed by atoms with van der Waals surface area (Å²) in [5.41, 5.74) is 1.75. The summed E-state index contributed by atoms with van der Waals surface area (Å²) in [4.78, 5) is 25.6. The van der Waals surface area contributed by atoms with E-state index in [4.69, 9.17) is 0 Å². The third-order valence-electron chi connectivity index (χ3n) is 3.94. The molecule has 1 atom stereocenters. The Hall–Kier alpha value is -1.78. The minimum Gasteiger partial charge on any atom is -0.359 e. The molecule has 19 heavy (non-hydrogen) atoms. The zero-order chi connectivity index (χ0) is 14.0. The fourth-order valence-electron chi connectivity index (χ4n) is 2.55. The van der Waals surface area contributed by atoms with Crippen LogP contribution in [0.4, 0.5) is 0 Å². The standard InChI is InChI=1S/C14H21N3O2/c1-10-12(5-6-16(10)3)14(19)17-7-4-11(9-17)8-13(18)15-2/h5-6,11H,4,7-9H2,1-3H3,(H,15,18)/t11-/m1/s1. The Balaban J connectivity index is 1.99. The highest BCUT2D eigenvalue weighted by Crippen LogP contribution is 2.22. The third kappa shape index (κ3) is 2.80. The van der Waals surface area contributed by atoms with Crippen LogP contribution >= 0.6 is 0 Å². The summed E-state index contributed by atoms with van der Waals surface area (Å²) in [7, 11) is 3.58. The van der Waals surface area contributed by atoms with Crippen LogP contribution in [-0.4, -0.2) is 41.4 Å². The lowest BCUT2D eigenvalue weighted by molar-refractivity contribution is -0.121. The van der Waals surface area contributed by atoms with Gasteiger partial charge in [0.05, 0.1) is 5.56 Å². The van der Waals surface area contributed by atoms with E-state index in [1.807, 2.05) is 35.7 Å². The quantitative estimate of drug-likeness (QED) is 0.882. The van der Waals surface area contributed by atoms with E-state index in [0.29, 0.717) is 13.0 Å². The van der Waals surface area contributed by atoms with Gasteiger partial charge in [0.15, 0.2) is 0 Å². The molecule has 1 saturated heterocycles. The number of likely N-dealkylation sites (tertiary alicyclic amines) is 1. The molecule has 0 radical (unpaired) electrons. The van der Waals surface area contributed by atoms with Gasteiger partial charge in [0.2, 0.25) is 5.91 Å². The maximum atomic E-state index is 12.4. The number of hydrogen-bond donors (Lipinski definition) is 1. The van der Waals surface area contributed by atoms with Crippen molar-refractivity contribution in [1.82, 2.24) is 14.8 Å². The molecule has 0 aromatic carbocycles. The van der Waals surface area contributed by atoms with Crippen LogP contribution in [-0.2, 0) is 11.8 Å². The summed E-state index contributed by atoms with van der Waals surface area (Å²) in [5.74, 6) is 0.417. The lowest BCUT2D eigenvalue weighted by Gasteiger charge is -2.16. The molecule has 1 aromatic rings. The van der Waals surface area contributed by atoms with Crippen molar-refractivity contribution in [3.05, 3.63) is 23.5 Å². The molecule has 1 aliphatic rings. The van der Waals surface area contributed by atoms with Crippen molar-refractivity contribution < 1.29 is 9.59 Å². The number of nitrogens with zero attached hydrogens (tertiary/aromatic N) is 2. The zero-order valence-corrected chi connectivity index (χ0v) is 11.8. The highest BCUT2D eigenvalue weighted by Gasteiger charge is 2.29. The van der Waals surface area contributed by atoms with Crippen LogP contribution in [0.3, 0.4) is 0 Å². The zero-order valence-electron chi connectivity index (χ0n) is 11.8. The maximum absolute atomic E-state index is 12.4. The predicted molar refractivity (Wildman–Crippen MR) is 72.8 cm³/mol. The van der Waals surface area contributed by atoms with Crippen molar-refractivity contribution in [3.63, 3.8) is 0 Å². The maximum Gasteiger partial charge on any atom is 0.255 e. The van der Waals surface area contributed by atoms with Crippen LogP contribution in [0.1, 0.15) is 28.9 Å². The number of aromatic nitrogens is 1. The van der Waals surface area contributed by atoms with Crippen molar-refractivity contribution in [2.75, 3.05) is 20.1 Å². The molecule has 5 nitrogen and oxygen atoms in total. The van der Waals surface area contributed by atoms with Gasteiger partial charge in [0.25, 0.3) is 5.91 Å². The summed E-state index contributed by atoms with van der Waals surface area (Å²) in [6.45, 7) is 3.38. The van der Waals surface area contributed by atoms with Crippen LogP contribution < -0.4 is 5.32 Å². The Kier molecular flexibility index (Phi) is 3.93. The molecule has 0 aliphatic carbocycles. The smallest absolute Gasteiger partial charge is 0.255 e. The number of nitrogens with one attached hydrogen (secondary N) is 1. The monoisotopic (exact) mass is 263 g/mol. The topological polar surface area (TPSA) is 54.3 Å². The van der Waals surface area contributed by atoms with Gasteiger partial charge >= 0.3 is 0 Å². The van der Waals surface area contributed by atoms with E-state index >= 15 is 0 Å². The Morgan fingerprint density at radius 2 is 2.21 bits per heavy atom. The van der Waals surface area contributed by atoms with E-state index in [2.05, 4.69) is 5.32 Å². The lowest BCUT2D eigenvalue weighted by Crippen LogP contribution is -2.30. The summed E-state index contributed by atoms with van der Waals surface area (Å²) >= 11 is 0. The number of aryl methyl sites for hydroxylation is 1. The van der Waals surface area contributed by atoms with Crippen LogP contribution in [0.2, 0.25) is 0 Å². The van der Waals surface area contributed by atoms with Crippen LogP contribution in [0, 0.1) is 12.8 Å². The number of carbonyl (C=O) groups is 2. The van der Waals surface area contributed by atoms with Gasteiger partial charge in [-0.2, -0.15) is 0 Å². The Labute approximate surface area is 113 Å². The van der Waals surface area contributed by atoms with Crippen molar-refractivity contribution in [2.45, 2.75) is 19.8 Å². The van der Waals surface area contributed by atoms with E-state index in [0.717, 1.165) is 24.2 Å². The molecule has 104 valence electrons.